The lowest BCUT2D eigenvalue weighted by Gasteiger charge is -2.11. The second-order valence-corrected chi connectivity index (χ2v) is 3.44. The van der Waals surface area contributed by atoms with E-state index in [1.165, 1.54) is 6.07 Å². The van der Waals surface area contributed by atoms with Crippen LogP contribution in [0.25, 0.3) is 0 Å². The molecule has 1 aromatic carbocycles. The van der Waals surface area contributed by atoms with Crippen molar-refractivity contribution in [2.24, 2.45) is 0 Å². The van der Waals surface area contributed by atoms with Crippen molar-refractivity contribution in [1.82, 2.24) is 5.32 Å². The molecule has 0 aliphatic rings. The maximum absolute atomic E-state index is 12.6. The Morgan fingerprint density at radius 3 is 2.80 bits per heavy atom. The van der Waals surface area contributed by atoms with Gasteiger partial charge in [0, 0.05) is 12.1 Å². The number of halogens is 1. The van der Waals surface area contributed by atoms with Crippen LogP contribution in [0.3, 0.4) is 0 Å². The summed E-state index contributed by atoms with van der Waals surface area (Å²) in [6.45, 7) is 3.80. The Hall–Kier alpha value is -1.58. The second kappa shape index (κ2) is 4.77. The molecule has 3 nitrogen and oxygen atoms in total. The van der Waals surface area contributed by atoms with Crippen LogP contribution < -0.4 is 5.32 Å². The fourth-order valence-corrected chi connectivity index (χ4v) is 1.10. The third-order valence-electron chi connectivity index (χ3n) is 2.19. The predicted octanol–water partition coefficient (Wildman–Crippen LogP) is 2.06. The molecule has 1 amide bonds. The van der Waals surface area contributed by atoms with E-state index in [0.29, 0.717) is 0 Å². The maximum Gasteiger partial charge on any atom is 0.255 e. The molecule has 4 heteroatoms. The number of hydrogen-bond donors (Lipinski definition) is 2. The third-order valence-corrected chi connectivity index (χ3v) is 2.19. The van der Waals surface area contributed by atoms with E-state index in [0.717, 1.165) is 18.6 Å². The molecular weight excluding hydrogens is 197 g/mol. The fourth-order valence-electron chi connectivity index (χ4n) is 1.10. The summed E-state index contributed by atoms with van der Waals surface area (Å²) in [7, 11) is 0. The van der Waals surface area contributed by atoms with Crippen molar-refractivity contribution in [3.05, 3.63) is 29.6 Å². The molecule has 2 N–H and O–H groups in total. The molecule has 0 saturated carbocycles. The Balaban J connectivity index is 2.82. The minimum absolute atomic E-state index is 0.0296. The Bertz CT molecular complexity index is 366. The Morgan fingerprint density at radius 1 is 1.60 bits per heavy atom. The van der Waals surface area contributed by atoms with E-state index in [-0.39, 0.29) is 23.3 Å². The molecule has 0 spiro atoms. The van der Waals surface area contributed by atoms with Gasteiger partial charge in [0.25, 0.3) is 5.91 Å². The Kier molecular flexibility index (Phi) is 3.66. The van der Waals surface area contributed by atoms with Crippen molar-refractivity contribution >= 4 is 5.91 Å². The molecule has 0 radical (unpaired) electrons. The molecule has 0 fully saturated rings. The van der Waals surface area contributed by atoms with E-state index in [1.807, 2.05) is 13.8 Å². The van der Waals surface area contributed by atoms with Crippen molar-refractivity contribution in [3.8, 4) is 5.75 Å². The number of carbonyl (C=O) groups excluding carboxylic acids is 1. The quantitative estimate of drug-likeness (QED) is 0.804. The molecule has 0 bridgehead atoms. The zero-order valence-corrected chi connectivity index (χ0v) is 8.75. The molecule has 0 aliphatic heterocycles. The molecule has 1 unspecified atom stereocenters. The van der Waals surface area contributed by atoms with Crippen LogP contribution in [-0.4, -0.2) is 17.1 Å². The highest BCUT2D eigenvalue weighted by Gasteiger charge is 2.13. The molecule has 15 heavy (non-hydrogen) atoms. The van der Waals surface area contributed by atoms with E-state index in [9.17, 15) is 14.3 Å². The first-order valence-electron chi connectivity index (χ1n) is 4.84. The summed E-state index contributed by atoms with van der Waals surface area (Å²) in [5, 5.41) is 12.0. The van der Waals surface area contributed by atoms with Gasteiger partial charge in [-0.2, -0.15) is 0 Å². The SMILES string of the molecule is CCC(C)NC(=O)c1ccc(F)cc1O. The first-order chi connectivity index (χ1) is 7.04. The average molecular weight is 211 g/mol. The lowest BCUT2D eigenvalue weighted by Crippen LogP contribution is -2.31. The number of rotatable bonds is 3. The van der Waals surface area contributed by atoms with Gasteiger partial charge in [0.1, 0.15) is 11.6 Å². The van der Waals surface area contributed by atoms with Gasteiger partial charge in [-0.15, -0.1) is 0 Å². The number of carbonyl (C=O) groups is 1. The van der Waals surface area contributed by atoms with Crippen LogP contribution in [0.15, 0.2) is 18.2 Å². The van der Waals surface area contributed by atoms with Gasteiger partial charge in [-0.1, -0.05) is 6.92 Å². The van der Waals surface area contributed by atoms with Crippen molar-refractivity contribution in [1.29, 1.82) is 0 Å². The summed E-state index contributed by atoms with van der Waals surface area (Å²) in [6.07, 6.45) is 0.799. The van der Waals surface area contributed by atoms with E-state index >= 15 is 0 Å². The van der Waals surface area contributed by atoms with Gasteiger partial charge in [-0.25, -0.2) is 4.39 Å². The van der Waals surface area contributed by atoms with Crippen LogP contribution in [0, 0.1) is 5.82 Å². The van der Waals surface area contributed by atoms with Gasteiger partial charge >= 0.3 is 0 Å². The summed E-state index contributed by atoms with van der Waals surface area (Å²) in [5.74, 6) is -1.29. The highest BCUT2D eigenvalue weighted by molar-refractivity contribution is 5.96. The van der Waals surface area contributed by atoms with Gasteiger partial charge < -0.3 is 10.4 Å². The van der Waals surface area contributed by atoms with E-state index in [4.69, 9.17) is 0 Å². The lowest BCUT2D eigenvalue weighted by atomic mass is 10.1. The summed E-state index contributed by atoms with van der Waals surface area (Å²) >= 11 is 0. The molecule has 1 atom stereocenters. The normalized spacial score (nSPS) is 12.2. The molecule has 0 saturated heterocycles. The van der Waals surface area contributed by atoms with Crippen molar-refractivity contribution < 1.29 is 14.3 Å². The third kappa shape index (κ3) is 2.94. The summed E-state index contributed by atoms with van der Waals surface area (Å²) in [4.78, 5) is 11.6. The highest BCUT2D eigenvalue weighted by atomic mass is 19.1. The van der Waals surface area contributed by atoms with E-state index < -0.39 is 5.82 Å². The number of amides is 1. The summed E-state index contributed by atoms with van der Waals surface area (Å²) in [5.41, 5.74) is 0.0942. The molecule has 0 heterocycles. The molecule has 0 aliphatic carbocycles. The van der Waals surface area contributed by atoms with Crippen LogP contribution in [0.4, 0.5) is 4.39 Å². The van der Waals surface area contributed by atoms with Crippen LogP contribution >= 0.6 is 0 Å². The first kappa shape index (κ1) is 11.5. The number of benzene rings is 1. The number of phenols is 1. The first-order valence-corrected chi connectivity index (χ1v) is 4.84. The number of phenolic OH excluding ortho intramolecular Hbond substituents is 1. The van der Waals surface area contributed by atoms with Crippen molar-refractivity contribution in [3.63, 3.8) is 0 Å². The van der Waals surface area contributed by atoms with Gasteiger partial charge in [0.15, 0.2) is 0 Å². The molecule has 0 aromatic heterocycles. The minimum atomic E-state index is -0.562. The summed E-state index contributed by atoms with van der Waals surface area (Å²) < 4.78 is 12.6. The highest BCUT2D eigenvalue weighted by Crippen LogP contribution is 2.17. The monoisotopic (exact) mass is 211 g/mol. The smallest absolute Gasteiger partial charge is 0.255 e. The molecule has 1 rings (SSSR count). The molecule has 82 valence electrons. The standard InChI is InChI=1S/C11H14FNO2/c1-3-7(2)13-11(15)9-5-4-8(12)6-10(9)14/h4-7,14H,3H2,1-2H3,(H,13,15). The Morgan fingerprint density at radius 2 is 2.27 bits per heavy atom. The van der Waals surface area contributed by atoms with Crippen molar-refractivity contribution in [2.45, 2.75) is 26.3 Å². The van der Waals surface area contributed by atoms with Gasteiger partial charge in [-0.3, -0.25) is 4.79 Å². The summed E-state index contributed by atoms with van der Waals surface area (Å²) in [6, 6.07) is 3.36. The van der Waals surface area contributed by atoms with Crippen LogP contribution in [-0.2, 0) is 0 Å². The number of hydrogen-bond acceptors (Lipinski definition) is 2. The molecular formula is C11H14FNO2. The van der Waals surface area contributed by atoms with E-state index in [2.05, 4.69) is 5.32 Å². The number of nitrogens with one attached hydrogen (secondary N) is 1. The van der Waals surface area contributed by atoms with Gasteiger partial charge in [0.2, 0.25) is 0 Å². The average Bonchev–Trinajstić information content (AvgIpc) is 2.17. The topological polar surface area (TPSA) is 49.3 Å². The van der Waals surface area contributed by atoms with Crippen LogP contribution in [0.2, 0.25) is 0 Å². The van der Waals surface area contributed by atoms with Crippen LogP contribution in [0.1, 0.15) is 30.6 Å². The number of aromatic hydroxyl groups is 1. The maximum atomic E-state index is 12.6. The van der Waals surface area contributed by atoms with Crippen molar-refractivity contribution in [2.75, 3.05) is 0 Å². The van der Waals surface area contributed by atoms with Gasteiger partial charge in [0.05, 0.1) is 5.56 Å². The zero-order chi connectivity index (χ0) is 11.4. The Labute approximate surface area is 87.9 Å². The van der Waals surface area contributed by atoms with Gasteiger partial charge in [-0.05, 0) is 25.5 Å². The minimum Gasteiger partial charge on any atom is -0.507 e. The lowest BCUT2D eigenvalue weighted by molar-refractivity contribution is 0.0936. The van der Waals surface area contributed by atoms with E-state index in [1.54, 1.807) is 0 Å². The fraction of sp³-hybridized carbons (Fsp3) is 0.364. The van der Waals surface area contributed by atoms with Crippen LogP contribution in [0.5, 0.6) is 5.75 Å². The zero-order valence-electron chi connectivity index (χ0n) is 8.75. The second-order valence-electron chi connectivity index (χ2n) is 3.44. The molecule has 1 aromatic rings. The largest absolute Gasteiger partial charge is 0.507 e. The predicted molar refractivity (Wildman–Crippen MR) is 55.3 cm³/mol.